The molecular formula is C32H25BrCl2N2O5. The van der Waals surface area contributed by atoms with Crippen molar-refractivity contribution in [1.82, 2.24) is 5.32 Å². The molecule has 7 nitrogen and oxygen atoms in total. The Morgan fingerprint density at radius 2 is 1.67 bits per heavy atom. The van der Waals surface area contributed by atoms with Gasteiger partial charge in [0.1, 0.15) is 16.9 Å². The molecule has 0 aromatic heterocycles. The number of halogens is 3. The van der Waals surface area contributed by atoms with E-state index in [0.29, 0.717) is 39.8 Å². The van der Waals surface area contributed by atoms with Crippen LogP contribution in [0.3, 0.4) is 0 Å². The zero-order chi connectivity index (χ0) is 29.9. The number of piperidine rings is 1. The van der Waals surface area contributed by atoms with Crippen molar-refractivity contribution in [3.8, 4) is 11.5 Å². The van der Waals surface area contributed by atoms with E-state index in [1.54, 1.807) is 42.5 Å². The lowest BCUT2D eigenvalue weighted by Gasteiger charge is -2.40. The van der Waals surface area contributed by atoms with Gasteiger partial charge in [0.05, 0.1) is 18.7 Å². The number of amides is 2. The van der Waals surface area contributed by atoms with Crippen LogP contribution in [0.15, 0.2) is 95.5 Å². The Labute approximate surface area is 261 Å². The summed E-state index contributed by atoms with van der Waals surface area (Å²) in [6.45, 7) is 0. The maximum atomic E-state index is 13.5. The Bertz CT molecular complexity index is 1650. The number of nitrogens with one attached hydrogen (secondary N) is 2. The van der Waals surface area contributed by atoms with Gasteiger partial charge in [0.25, 0.3) is 0 Å². The Balaban J connectivity index is 0.000000442. The monoisotopic (exact) mass is 666 g/mol. The minimum Gasteiger partial charge on any atom is -0.465 e. The van der Waals surface area contributed by atoms with Crippen LogP contribution in [-0.2, 0) is 19.7 Å². The van der Waals surface area contributed by atoms with Gasteiger partial charge < -0.3 is 20.1 Å². The molecule has 0 aliphatic carbocycles. The molecule has 2 N–H and O–H groups in total. The molecule has 1 saturated heterocycles. The third-order valence-electron chi connectivity index (χ3n) is 7.18. The van der Waals surface area contributed by atoms with E-state index in [0.717, 1.165) is 15.1 Å². The summed E-state index contributed by atoms with van der Waals surface area (Å²) in [6, 6.07) is 26.0. The van der Waals surface area contributed by atoms with Gasteiger partial charge in [-0.3, -0.25) is 9.59 Å². The smallest absolute Gasteiger partial charge is 0.337 e. The number of ether oxygens (including phenoxy) is 2. The summed E-state index contributed by atoms with van der Waals surface area (Å²) in [6.07, 6.45) is 0.551. The first-order valence-electron chi connectivity index (χ1n) is 13.0. The van der Waals surface area contributed by atoms with Gasteiger partial charge in [0.15, 0.2) is 0 Å². The highest BCUT2D eigenvalue weighted by Gasteiger charge is 2.56. The van der Waals surface area contributed by atoms with Crippen LogP contribution in [-0.4, -0.2) is 24.9 Å². The van der Waals surface area contributed by atoms with E-state index in [1.807, 2.05) is 48.5 Å². The van der Waals surface area contributed by atoms with E-state index in [9.17, 15) is 14.4 Å². The number of methoxy groups -OCH3 is 1. The highest BCUT2D eigenvalue weighted by atomic mass is 79.9. The Hall–Kier alpha value is -3.85. The lowest BCUT2D eigenvalue weighted by Crippen LogP contribution is -2.52. The Kier molecular flexibility index (Phi) is 8.87. The summed E-state index contributed by atoms with van der Waals surface area (Å²) in [7, 11) is 1.32. The van der Waals surface area contributed by atoms with E-state index >= 15 is 0 Å². The van der Waals surface area contributed by atoms with Crippen LogP contribution in [0.5, 0.6) is 11.5 Å². The van der Waals surface area contributed by atoms with E-state index in [2.05, 4.69) is 26.6 Å². The van der Waals surface area contributed by atoms with Gasteiger partial charge in [-0.2, -0.15) is 0 Å². The van der Waals surface area contributed by atoms with Crippen LogP contribution in [0.2, 0.25) is 10.0 Å². The summed E-state index contributed by atoms with van der Waals surface area (Å²) < 4.78 is 11.7. The summed E-state index contributed by atoms with van der Waals surface area (Å²) in [5, 5.41) is 7.30. The second kappa shape index (κ2) is 12.6. The first kappa shape index (κ1) is 29.6. The predicted molar refractivity (Wildman–Crippen MR) is 165 cm³/mol. The number of hydrogen-bond acceptors (Lipinski definition) is 5. The van der Waals surface area contributed by atoms with Crippen LogP contribution in [0.25, 0.3) is 0 Å². The van der Waals surface area contributed by atoms with Crippen molar-refractivity contribution in [3.63, 3.8) is 0 Å². The molecule has 0 unspecified atom stereocenters. The number of benzene rings is 4. The molecule has 0 radical (unpaired) electrons. The normalized spacial score (nSPS) is 18.7. The van der Waals surface area contributed by atoms with E-state index < -0.39 is 17.4 Å². The van der Waals surface area contributed by atoms with Crippen molar-refractivity contribution in [2.24, 2.45) is 0 Å². The van der Waals surface area contributed by atoms with Crippen molar-refractivity contribution in [1.29, 1.82) is 0 Å². The van der Waals surface area contributed by atoms with Gasteiger partial charge in [-0.25, -0.2) is 4.79 Å². The number of fused-ring (bicyclic) bond motifs is 2. The first-order valence-corrected chi connectivity index (χ1v) is 14.5. The van der Waals surface area contributed by atoms with E-state index in [4.69, 9.17) is 32.7 Å². The van der Waals surface area contributed by atoms with Crippen molar-refractivity contribution in [3.05, 3.63) is 122 Å². The molecule has 1 fully saturated rings. The fourth-order valence-electron chi connectivity index (χ4n) is 5.21. The van der Waals surface area contributed by atoms with E-state index in [-0.39, 0.29) is 18.2 Å². The average molecular weight is 668 g/mol. The Morgan fingerprint density at radius 1 is 0.929 bits per heavy atom. The lowest BCUT2D eigenvalue weighted by molar-refractivity contribution is -0.130. The summed E-state index contributed by atoms with van der Waals surface area (Å²) in [5.74, 6) is 0.164. The molecule has 4 aromatic rings. The topological polar surface area (TPSA) is 93.7 Å². The van der Waals surface area contributed by atoms with Gasteiger partial charge >= 0.3 is 5.97 Å². The molecule has 2 aliphatic heterocycles. The highest BCUT2D eigenvalue weighted by Crippen LogP contribution is 2.53. The molecule has 2 atom stereocenters. The van der Waals surface area contributed by atoms with Crippen LogP contribution in [0.4, 0.5) is 5.69 Å². The second-order valence-electron chi connectivity index (χ2n) is 9.71. The van der Waals surface area contributed by atoms with E-state index in [1.165, 1.54) is 7.11 Å². The quantitative estimate of drug-likeness (QED) is 0.216. The minimum atomic E-state index is -1.03. The van der Waals surface area contributed by atoms with Gasteiger partial charge in [0.2, 0.25) is 11.8 Å². The molecule has 2 heterocycles. The number of carbonyl (C=O) groups excluding carboxylic acids is 3. The molecule has 0 saturated carbocycles. The first-order chi connectivity index (χ1) is 20.2. The minimum absolute atomic E-state index is 0.149. The third kappa shape index (κ3) is 6.02. The number of rotatable bonds is 4. The van der Waals surface area contributed by atoms with Crippen LogP contribution < -0.4 is 15.4 Å². The number of carbonyl (C=O) groups is 3. The zero-order valence-corrected chi connectivity index (χ0v) is 25.4. The van der Waals surface area contributed by atoms with Crippen LogP contribution >= 0.6 is 39.1 Å². The molecule has 0 bridgehead atoms. The molecule has 2 amide bonds. The Morgan fingerprint density at radius 3 is 2.33 bits per heavy atom. The molecule has 10 heteroatoms. The van der Waals surface area contributed by atoms with Gasteiger partial charge in [-0.05, 0) is 78.7 Å². The van der Waals surface area contributed by atoms with Gasteiger partial charge in [-0.15, -0.1) is 0 Å². The number of anilines is 1. The molecule has 2 aliphatic rings. The number of hydrogen-bond donors (Lipinski definition) is 2. The largest absolute Gasteiger partial charge is 0.465 e. The maximum Gasteiger partial charge on any atom is 0.337 e. The molecule has 1 spiro atoms. The maximum absolute atomic E-state index is 13.5. The third-order valence-corrected chi connectivity index (χ3v) is 8.16. The van der Waals surface area contributed by atoms with Gasteiger partial charge in [0, 0.05) is 32.2 Å². The second-order valence-corrected chi connectivity index (χ2v) is 11.5. The number of esters is 1. The lowest BCUT2D eigenvalue weighted by atomic mass is 9.67. The van der Waals surface area contributed by atoms with Crippen molar-refractivity contribution < 1.29 is 23.9 Å². The summed E-state index contributed by atoms with van der Waals surface area (Å²) in [5.41, 5.74) is 1.43. The fraction of sp³-hybridized carbons (Fsp3) is 0.156. The van der Waals surface area contributed by atoms with Gasteiger partial charge in [-0.1, -0.05) is 63.4 Å². The van der Waals surface area contributed by atoms with Crippen LogP contribution in [0.1, 0.15) is 40.4 Å². The molecule has 6 rings (SSSR count). The molecule has 214 valence electrons. The summed E-state index contributed by atoms with van der Waals surface area (Å²) >= 11 is 15.2. The van der Waals surface area contributed by atoms with Crippen molar-refractivity contribution in [2.75, 3.05) is 12.4 Å². The van der Waals surface area contributed by atoms with Crippen molar-refractivity contribution >= 4 is 62.6 Å². The molecular weight excluding hydrogens is 643 g/mol. The fourth-order valence-corrected chi connectivity index (χ4v) is 5.91. The molecule has 42 heavy (non-hydrogen) atoms. The van der Waals surface area contributed by atoms with Crippen molar-refractivity contribution in [2.45, 2.75) is 24.3 Å². The molecule has 4 aromatic carbocycles. The highest BCUT2D eigenvalue weighted by molar-refractivity contribution is 9.10. The standard InChI is InChI=1S/C26H20BrClN2O5.C6H5Cl/c1-34-24(32)14-2-6-17(7-3-14)35-21-9-4-15(27)12-18(21)23-26(11-10-22(31)30-23)19-8-5-16(28)13-20(19)29-25(26)33;7-6-4-2-1-3-5-6/h2-9,12-13,23H,10-11H2,1H3,(H,29,33)(H,30,31);1-5H/t23-,26-;/m1./s1. The SMILES string of the molecule is COC(=O)c1ccc(Oc2ccc(Br)cc2[C@H]2NC(=O)CC[C@]23C(=O)Nc2cc(Cl)ccc23)cc1.Clc1ccccc1. The summed E-state index contributed by atoms with van der Waals surface area (Å²) in [4.78, 5) is 37.8. The average Bonchev–Trinajstić information content (AvgIpc) is 3.26. The zero-order valence-electron chi connectivity index (χ0n) is 22.3. The van der Waals surface area contributed by atoms with Crippen LogP contribution in [0, 0.1) is 0 Å². The predicted octanol–water partition coefficient (Wildman–Crippen LogP) is 7.86.